The molecule has 4 heteroatoms. The van der Waals surface area contributed by atoms with E-state index in [0.717, 1.165) is 17.8 Å². The molecule has 0 amide bonds. The second-order valence-corrected chi connectivity index (χ2v) is 5.43. The molecule has 0 atom stereocenters. The highest BCUT2D eigenvalue weighted by atomic mass is 16.4. The van der Waals surface area contributed by atoms with Crippen molar-refractivity contribution < 1.29 is 9.90 Å². The lowest BCUT2D eigenvalue weighted by molar-refractivity contribution is 0.0698. The van der Waals surface area contributed by atoms with E-state index in [2.05, 4.69) is 32.7 Å². The molecule has 0 aliphatic heterocycles. The van der Waals surface area contributed by atoms with Crippen LogP contribution in [0.5, 0.6) is 0 Å². The standard InChI is InChI=1S/C14H18N2O2/c1-5-10-11(14(2,3)4)15-12-9(13(17)18)7-6-8-16(10)12/h6-8H,5H2,1-4H3,(H,17,18). The number of carboxylic acids is 1. The van der Waals surface area contributed by atoms with E-state index in [4.69, 9.17) is 0 Å². The third-order valence-corrected chi connectivity index (χ3v) is 3.02. The number of carbonyl (C=O) groups is 1. The van der Waals surface area contributed by atoms with Crippen molar-refractivity contribution in [3.63, 3.8) is 0 Å². The van der Waals surface area contributed by atoms with Gasteiger partial charge in [0.2, 0.25) is 0 Å². The maximum atomic E-state index is 11.2. The molecule has 0 saturated carbocycles. The molecule has 2 aromatic heterocycles. The fraction of sp³-hybridized carbons (Fsp3) is 0.429. The molecule has 0 unspecified atom stereocenters. The summed E-state index contributed by atoms with van der Waals surface area (Å²) < 4.78 is 1.89. The van der Waals surface area contributed by atoms with Gasteiger partial charge in [-0.1, -0.05) is 27.7 Å². The van der Waals surface area contributed by atoms with E-state index in [1.54, 1.807) is 12.1 Å². The fourth-order valence-corrected chi connectivity index (χ4v) is 2.22. The third kappa shape index (κ3) is 1.88. The fourth-order valence-electron chi connectivity index (χ4n) is 2.22. The zero-order valence-corrected chi connectivity index (χ0v) is 11.2. The first-order chi connectivity index (χ1) is 8.36. The Morgan fingerprint density at radius 1 is 1.44 bits per heavy atom. The van der Waals surface area contributed by atoms with Gasteiger partial charge in [-0.2, -0.15) is 0 Å². The maximum absolute atomic E-state index is 11.2. The van der Waals surface area contributed by atoms with Crippen molar-refractivity contribution in [1.82, 2.24) is 9.38 Å². The van der Waals surface area contributed by atoms with E-state index >= 15 is 0 Å². The highest BCUT2D eigenvalue weighted by molar-refractivity contribution is 5.94. The number of aromatic carboxylic acids is 1. The average Bonchev–Trinajstić information content (AvgIpc) is 2.66. The number of fused-ring (bicyclic) bond motifs is 1. The summed E-state index contributed by atoms with van der Waals surface area (Å²) in [5.41, 5.74) is 2.75. The summed E-state index contributed by atoms with van der Waals surface area (Å²) in [6, 6.07) is 3.35. The van der Waals surface area contributed by atoms with Gasteiger partial charge in [0.05, 0.1) is 5.69 Å². The predicted molar refractivity (Wildman–Crippen MR) is 70.2 cm³/mol. The minimum absolute atomic E-state index is 0.0901. The van der Waals surface area contributed by atoms with Gasteiger partial charge in [0, 0.05) is 17.3 Å². The quantitative estimate of drug-likeness (QED) is 0.886. The van der Waals surface area contributed by atoms with Crippen LogP contribution in [-0.2, 0) is 11.8 Å². The lowest BCUT2D eigenvalue weighted by Crippen LogP contribution is -2.14. The molecule has 0 radical (unpaired) electrons. The number of carboxylic acid groups (broad SMARTS) is 1. The van der Waals surface area contributed by atoms with E-state index < -0.39 is 5.97 Å². The number of nitrogens with zero attached hydrogens (tertiary/aromatic N) is 2. The van der Waals surface area contributed by atoms with Crippen LogP contribution in [0, 0.1) is 0 Å². The molecule has 2 rings (SSSR count). The normalized spacial score (nSPS) is 12.0. The zero-order valence-electron chi connectivity index (χ0n) is 11.2. The van der Waals surface area contributed by atoms with Crippen molar-refractivity contribution in [2.45, 2.75) is 39.5 Å². The van der Waals surface area contributed by atoms with Crippen molar-refractivity contribution in [3.05, 3.63) is 35.3 Å². The minimum atomic E-state index is -0.936. The minimum Gasteiger partial charge on any atom is -0.478 e. The number of aryl methyl sites for hydroxylation is 1. The van der Waals surface area contributed by atoms with E-state index in [-0.39, 0.29) is 11.0 Å². The van der Waals surface area contributed by atoms with Crippen LogP contribution in [0.2, 0.25) is 0 Å². The smallest absolute Gasteiger partial charge is 0.339 e. The summed E-state index contributed by atoms with van der Waals surface area (Å²) in [5.74, 6) is -0.936. The number of imidazole rings is 1. The van der Waals surface area contributed by atoms with Crippen LogP contribution in [0.15, 0.2) is 18.3 Å². The molecule has 0 aromatic carbocycles. The number of hydrogen-bond acceptors (Lipinski definition) is 2. The molecule has 0 spiro atoms. The van der Waals surface area contributed by atoms with Crippen molar-refractivity contribution >= 4 is 11.6 Å². The van der Waals surface area contributed by atoms with Gasteiger partial charge in [0.15, 0.2) is 5.65 Å². The molecule has 96 valence electrons. The predicted octanol–water partition coefficient (Wildman–Crippen LogP) is 2.89. The summed E-state index contributed by atoms with van der Waals surface area (Å²) in [5, 5.41) is 9.21. The Kier molecular flexibility index (Phi) is 2.89. The number of aromatic nitrogens is 2. The van der Waals surface area contributed by atoms with Gasteiger partial charge in [-0.15, -0.1) is 0 Å². The lowest BCUT2D eigenvalue weighted by Gasteiger charge is -2.17. The van der Waals surface area contributed by atoms with Crippen molar-refractivity contribution in [2.75, 3.05) is 0 Å². The first kappa shape index (κ1) is 12.6. The van der Waals surface area contributed by atoms with E-state index in [1.165, 1.54) is 0 Å². The molecule has 0 fully saturated rings. The van der Waals surface area contributed by atoms with Gasteiger partial charge in [0.1, 0.15) is 5.56 Å². The molecule has 4 nitrogen and oxygen atoms in total. The SMILES string of the molecule is CCc1c(C(C)(C)C)nc2c(C(=O)O)cccn12. The summed E-state index contributed by atoms with van der Waals surface area (Å²) >= 11 is 0. The second kappa shape index (κ2) is 4.12. The first-order valence-corrected chi connectivity index (χ1v) is 6.10. The van der Waals surface area contributed by atoms with Gasteiger partial charge in [-0.05, 0) is 18.6 Å². The largest absolute Gasteiger partial charge is 0.478 e. The molecule has 0 bridgehead atoms. The zero-order chi connectivity index (χ0) is 13.5. The van der Waals surface area contributed by atoms with Crippen LogP contribution in [-0.4, -0.2) is 20.5 Å². The van der Waals surface area contributed by atoms with Gasteiger partial charge in [-0.25, -0.2) is 9.78 Å². The summed E-state index contributed by atoms with van der Waals surface area (Å²) in [6.45, 7) is 8.34. The van der Waals surface area contributed by atoms with Crippen LogP contribution >= 0.6 is 0 Å². The number of hydrogen-bond donors (Lipinski definition) is 1. The van der Waals surface area contributed by atoms with Crippen LogP contribution in [0.3, 0.4) is 0 Å². The topological polar surface area (TPSA) is 54.6 Å². The highest BCUT2D eigenvalue weighted by Crippen LogP contribution is 2.27. The van der Waals surface area contributed by atoms with Gasteiger partial charge in [0.25, 0.3) is 0 Å². The Hall–Kier alpha value is -1.84. The molecule has 1 N–H and O–H groups in total. The molecular formula is C14H18N2O2. The van der Waals surface area contributed by atoms with Gasteiger partial charge < -0.3 is 9.51 Å². The summed E-state index contributed by atoms with van der Waals surface area (Å²) in [6.07, 6.45) is 2.71. The van der Waals surface area contributed by atoms with Gasteiger partial charge >= 0.3 is 5.97 Å². The van der Waals surface area contributed by atoms with E-state index in [9.17, 15) is 9.90 Å². The third-order valence-electron chi connectivity index (χ3n) is 3.02. The first-order valence-electron chi connectivity index (χ1n) is 6.10. The second-order valence-electron chi connectivity index (χ2n) is 5.43. The van der Waals surface area contributed by atoms with Crippen molar-refractivity contribution in [3.8, 4) is 0 Å². The van der Waals surface area contributed by atoms with Crippen molar-refractivity contribution in [2.24, 2.45) is 0 Å². The average molecular weight is 246 g/mol. The molecule has 0 saturated heterocycles. The Labute approximate surface area is 106 Å². The number of rotatable bonds is 2. The molecule has 2 aromatic rings. The van der Waals surface area contributed by atoms with Gasteiger partial charge in [-0.3, -0.25) is 0 Å². The van der Waals surface area contributed by atoms with Crippen LogP contribution in [0.25, 0.3) is 5.65 Å². The molecule has 0 aliphatic carbocycles. The lowest BCUT2D eigenvalue weighted by atomic mass is 9.90. The van der Waals surface area contributed by atoms with E-state index in [1.807, 2.05) is 10.6 Å². The Morgan fingerprint density at radius 2 is 2.11 bits per heavy atom. The van der Waals surface area contributed by atoms with Crippen LogP contribution in [0.1, 0.15) is 49.4 Å². The molecule has 2 heterocycles. The molecular weight excluding hydrogens is 228 g/mol. The Balaban J connectivity index is 2.84. The van der Waals surface area contributed by atoms with Crippen molar-refractivity contribution in [1.29, 1.82) is 0 Å². The Morgan fingerprint density at radius 3 is 2.61 bits per heavy atom. The van der Waals surface area contributed by atoms with E-state index in [0.29, 0.717) is 5.65 Å². The summed E-state index contributed by atoms with van der Waals surface area (Å²) in [7, 11) is 0. The monoisotopic (exact) mass is 246 g/mol. The maximum Gasteiger partial charge on any atom is 0.339 e. The molecule has 18 heavy (non-hydrogen) atoms. The highest BCUT2D eigenvalue weighted by Gasteiger charge is 2.24. The Bertz CT molecular complexity index is 606. The molecule has 0 aliphatic rings. The van der Waals surface area contributed by atoms with Crippen LogP contribution in [0.4, 0.5) is 0 Å². The summed E-state index contributed by atoms with van der Waals surface area (Å²) in [4.78, 5) is 15.8. The van der Waals surface area contributed by atoms with Crippen LogP contribution < -0.4 is 0 Å². The number of pyridine rings is 1.